The highest BCUT2D eigenvalue weighted by molar-refractivity contribution is 8.01. The second kappa shape index (κ2) is 8.75. The largest absolute Gasteiger partial charge is 0.357 e. The molecule has 3 aromatic rings. The summed E-state index contributed by atoms with van der Waals surface area (Å²) in [4.78, 5) is 16.5. The van der Waals surface area contributed by atoms with E-state index in [-0.39, 0.29) is 11.7 Å². The number of hydrogen-bond donors (Lipinski definition) is 2. The van der Waals surface area contributed by atoms with Crippen molar-refractivity contribution in [3.63, 3.8) is 0 Å². The van der Waals surface area contributed by atoms with E-state index in [0.717, 1.165) is 20.7 Å². The molecule has 0 spiro atoms. The van der Waals surface area contributed by atoms with Crippen molar-refractivity contribution in [1.82, 2.24) is 15.2 Å². The lowest BCUT2D eigenvalue weighted by Crippen LogP contribution is -2.13. The van der Waals surface area contributed by atoms with Crippen molar-refractivity contribution in [3.8, 4) is 11.3 Å². The third-order valence-electron chi connectivity index (χ3n) is 2.95. The van der Waals surface area contributed by atoms with Crippen LogP contribution < -0.4 is 10.6 Å². The standard InChI is InChI=1S/C16H15N5OS3/c1-2-8-17-14-20-21-16(25-14)24-10-13(22)19-15-18-12(9-23-15)11-6-4-3-5-7-11/h2-7,9H,1,8,10H2,(H,17,20)(H,18,19,22). The summed E-state index contributed by atoms with van der Waals surface area (Å²) < 4.78 is 0.742. The predicted molar refractivity (Wildman–Crippen MR) is 105 cm³/mol. The molecule has 0 unspecified atom stereocenters. The van der Waals surface area contributed by atoms with Crippen LogP contribution in [-0.2, 0) is 4.79 Å². The number of anilines is 2. The van der Waals surface area contributed by atoms with Crippen molar-refractivity contribution >= 4 is 50.6 Å². The van der Waals surface area contributed by atoms with Crippen LogP contribution in [0.1, 0.15) is 0 Å². The van der Waals surface area contributed by atoms with Gasteiger partial charge in [-0.2, -0.15) is 0 Å². The molecule has 0 saturated carbocycles. The van der Waals surface area contributed by atoms with Crippen LogP contribution in [0.15, 0.2) is 52.7 Å². The molecule has 0 aliphatic carbocycles. The number of hydrogen-bond acceptors (Lipinski definition) is 8. The van der Waals surface area contributed by atoms with Gasteiger partial charge < -0.3 is 10.6 Å². The average molecular weight is 390 g/mol. The Morgan fingerprint density at radius 2 is 2.08 bits per heavy atom. The summed E-state index contributed by atoms with van der Waals surface area (Å²) in [6.07, 6.45) is 1.75. The van der Waals surface area contributed by atoms with Crippen LogP contribution in [0, 0.1) is 0 Å². The number of carbonyl (C=O) groups excluding carboxylic acids is 1. The molecule has 0 fully saturated rings. The SMILES string of the molecule is C=CCNc1nnc(SCC(=O)Nc2nc(-c3ccccc3)cs2)s1. The van der Waals surface area contributed by atoms with Gasteiger partial charge in [0.2, 0.25) is 11.0 Å². The smallest absolute Gasteiger partial charge is 0.236 e. The van der Waals surface area contributed by atoms with Gasteiger partial charge in [0.15, 0.2) is 9.47 Å². The number of rotatable bonds is 8. The molecular weight excluding hydrogens is 374 g/mol. The Labute approximate surface area is 157 Å². The molecule has 0 aliphatic heterocycles. The van der Waals surface area contributed by atoms with Crippen LogP contribution in [0.5, 0.6) is 0 Å². The Kier molecular flexibility index (Phi) is 6.15. The van der Waals surface area contributed by atoms with E-state index in [1.165, 1.54) is 34.4 Å². The van der Waals surface area contributed by atoms with Crippen LogP contribution in [-0.4, -0.2) is 33.4 Å². The Hall–Kier alpha value is -2.23. The summed E-state index contributed by atoms with van der Waals surface area (Å²) in [5, 5.41) is 17.2. The topological polar surface area (TPSA) is 79.8 Å². The highest BCUT2D eigenvalue weighted by Crippen LogP contribution is 2.27. The lowest BCUT2D eigenvalue weighted by molar-refractivity contribution is -0.113. The van der Waals surface area contributed by atoms with Gasteiger partial charge in [-0.05, 0) is 0 Å². The fourth-order valence-electron chi connectivity index (χ4n) is 1.85. The maximum Gasteiger partial charge on any atom is 0.236 e. The fraction of sp³-hybridized carbons (Fsp3) is 0.125. The van der Waals surface area contributed by atoms with E-state index in [1.54, 1.807) is 6.08 Å². The number of carbonyl (C=O) groups is 1. The molecule has 9 heteroatoms. The van der Waals surface area contributed by atoms with Crippen LogP contribution >= 0.6 is 34.4 Å². The Balaban J connectivity index is 1.50. The molecule has 3 rings (SSSR count). The summed E-state index contributed by atoms with van der Waals surface area (Å²) in [6, 6.07) is 9.86. The monoisotopic (exact) mass is 389 g/mol. The van der Waals surface area contributed by atoms with E-state index in [9.17, 15) is 4.79 Å². The summed E-state index contributed by atoms with van der Waals surface area (Å²) in [6.45, 7) is 4.27. The first-order valence-electron chi connectivity index (χ1n) is 7.36. The van der Waals surface area contributed by atoms with Gasteiger partial charge in [0, 0.05) is 17.5 Å². The first-order valence-corrected chi connectivity index (χ1v) is 10.0. The molecule has 6 nitrogen and oxygen atoms in total. The minimum atomic E-state index is -0.116. The van der Waals surface area contributed by atoms with Gasteiger partial charge in [-0.3, -0.25) is 4.79 Å². The molecule has 0 radical (unpaired) electrons. The molecule has 128 valence electrons. The highest BCUT2D eigenvalue weighted by Gasteiger charge is 2.10. The van der Waals surface area contributed by atoms with E-state index in [1.807, 2.05) is 35.7 Å². The molecule has 2 heterocycles. The van der Waals surface area contributed by atoms with Crippen molar-refractivity contribution < 1.29 is 4.79 Å². The van der Waals surface area contributed by atoms with Gasteiger partial charge >= 0.3 is 0 Å². The molecule has 1 amide bonds. The van der Waals surface area contributed by atoms with Crippen molar-refractivity contribution in [3.05, 3.63) is 48.4 Å². The Bertz CT molecular complexity index is 846. The number of amides is 1. The molecular formula is C16H15N5OS3. The molecule has 0 aliphatic rings. The zero-order chi connectivity index (χ0) is 17.5. The van der Waals surface area contributed by atoms with E-state index in [4.69, 9.17) is 0 Å². The van der Waals surface area contributed by atoms with Crippen LogP contribution in [0.25, 0.3) is 11.3 Å². The van der Waals surface area contributed by atoms with E-state index >= 15 is 0 Å². The van der Waals surface area contributed by atoms with Crippen molar-refractivity contribution in [1.29, 1.82) is 0 Å². The first-order chi connectivity index (χ1) is 12.2. The van der Waals surface area contributed by atoms with Crippen LogP contribution in [0.2, 0.25) is 0 Å². The maximum atomic E-state index is 12.1. The van der Waals surface area contributed by atoms with Crippen molar-refractivity contribution in [2.24, 2.45) is 0 Å². The Morgan fingerprint density at radius 3 is 2.88 bits per heavy atom. The van der Waals surface area contributed by atoms with Gasteiger partial charge in [-0.25, -0.2) is 4.98 Å². The van der Waals surface area contributed by atoms with Crippen LogP contribution in [0.3, 0.4) is 0 Å². The average Bonchev–Trinajstić information content (AvgIpc) is 3.28. The van der Waals surface area contributed by atoms with Crippen molar-refractivity contribution in [2.45, 2.75) is 4.34 Å². The molecule has 0 saturated heterocycles. The molecule has 0 atom stereocenters. The van der Waals surface area contributed by atoms with Gasteiger partial charge in [-0.15, -0.1) is 28.1 Å². The summed E-state index contributed by atoms with van der Waals surface area (Å²) in [5.41, 5.74) is 1.89. The molecule has 2 N–H and O–H groups in total. The van der Waals surface area contributed by atoms with Crippen LogP contribution in [0.4, 0.5) is 10.3 Å². The Morgan fingerprint density at radius 1 is 1.24 bits per heavy atom. The summed E-state index contributed by atoms with van der Waals surface area (Å²) >= 11 is 4.17. The molecule has 0 bridgehead atoms. The number of nitrogens with one attached hydrogen (secondary N) is 2. The molecule has 1 aromatic carbocycles. The summed E-state index contributed by atoms with van der Waals surface area (Å²) in [5.74, 6) is 0.144. The van der Waals surface area contributed by atoms with Gasteiger partial charge in [0.25, 0.3) is 0 Å². The quantitative estimate of drug-likeness (QED) is 0.448. The zero-order valence-electron chi connectivity index (χ0n) is 13.1. The second-order valence-corrected chi connectivity index (χ2v) is 7.84. The summed E-state index contributed by atoms with van der Waals surface area (Å²) in [7, 11) is 0. The number of benzene rings is 1. The van der Waals surface area contributed by atoms with E-state index < -0.39 is 0 Å². The minimum absolute atomic E-state index is 0.116. The van der Waals surface area contributed by atoms with E-state index in [2.05, 4.69) is 32.4 Å². The number of nitrogens with zero attached hydrogens (tertiary/aromatic N) is 3. The lowest BCUT2D eigenvalue weighted by Gasteiger charge is -1.99. The number of aromatic nitrogens is 3. The normalized spacial score (nSPS) is 10.4. The van der Waals surface area contributed by atoms with E-state index in [0.29, 0.717) is 11.7 Å². The fourth-order valence-corrected chi connectivity index (χ4v) is 4.15. The van der Waals surface area contributed by atoms with Gasteiger partial charge in [0.1, 0.15) is 0 Å². The third kappa shape index (κ3) is 5.12. The number of thiazole rings is 1. The zero-order valence-corrected chi connectivity index (χ0v) is 15.6. The van der Waals surface area contributed by atoms with Gasteiger partial charge in [-0.1, -0.05) is 59.5 Å². The molecule has 25 heavy (non-hydrogen) atoms. The maximum absolute atomic E-state index is 12.1. The predicted octanol–water partition coefficient (Wildman–Crippen LogP) is 3.99. The third-order valence-corrected chi connectivity index (χ3v) is 5.72. The lowest BCUT2D eigenvalue weighted by atomic mass is 10.2. The second-order valence-electron chi connectivity index (χ2n) is 4.78. The number of thioether (sulfide) groups is 1. The minimum Gasteiger partial charge on any atom is -0.357 e. The van der Waals surface area contributed by atoms with Gasteiger partial charge in [0.05, 0.1) is 11.4 Å². The first kappa shape index (κ1) is 17.6. The molecule has 2 aromatic heterocycles. The van der Waals surface area contributed by atoms with Crippen molar-refractivity contribution in [2.75, 3.05) is 22.9 Å². The highest BCUT2D eigenvalue weighted by atomic mass is 32.2.